The van der Waals surface area contributed by atoms with Crippen LogP contribution in [0.25, 0.3) is 16.6 Å². The topological polar surface area (TPSA) is 54.3 Å². The maximum atomic E-state index is 14.2. The third-order valence-electron chi connectivity index (χ3n) is 6.09. The molecule has 3 heterocycles. The fraction of sp³-hybridized carbons (Fsp3) is 0.240. The maximum Gasteiger partial charge on any atom is 0.257 e. The molecule has 1 fully saturated rings. The first-order chi connectivity index (χ1) is 15.6. The van der Waals surface area contributed by atoms with Crippen LogP contribution < -0.4 is 0 Å². The lowest BCUT2D eigenvalue weighted by molar-refractivity contribution is 0.0628. The molecule has 2 aromatic heterocycles. The van der Waals surface area contributed by atoms with Crippen molar-refractivity contribution in [3.05, 3.63) is 89.6 Å². The molecular formula is C25H24FN5O. The number of nitrogens with zero attached hydrogens (tertiary/aromatic N) is 5. The smallest absolute Gasteiger partial charge is 0.257 e. The van der Waals surface area contributed by atoms with E-state index in [0.29, 0.717) is 30.0 Å². The second-order valence-electron chi connectivity index (χ2n) is 8.07. The number of fused-ring (bicyclic) bond motifs is 1. The number of halogens is 1. The van der Waals surface area contributed by atoms with Crippen LogP contribution in [0.5, 0.6) is 0 Å². The van der Waals surface area contributed by atoms with Gasteiger partial charge in [0, 0.05) is 44.3 Å². The lowest BCUT2D eigenvalue weighted by atomic mass is 10.1. The lowest BCUT2D eigenvalue weighted by Crippen LogP contribution is -2.48. The summed E-state index contributed by atoms with van der Waals surface area (Å²) in [7, 11) is 0. The van der Waals surface area contributed by atoms with E-state index >= 15 is 0 Å². The molecule has 0 N–H and O–H groups in total. The van der Waals surface area contributed by atoms with Gasteiger partial charge in [0.1, 0.15) is 11.5 Å². The second kappa shape index (κ2) is 8.51. The van der Waals surface area contributed by atoms with Gasteiger partial charge < -0.3 is 4.90 Å². The zero-order valence-electron chi connectivity index (χ0n) is 17.9. The quantitative estimate of drug-likeness (QED) is 0.495. The van der Waals surface area contributed by atoms with Crippen LogP contribution in [-0.2, 0) is 6.54 Å². The number of rotatable bonds is 4. The van der Waals surface area contributed by atoms with Crippen molar-refractivity contribution < 1.29 is 9.18 Å². The number of carbonyl (C=O) groups is 1. The predicted molar refractivity (Wildman–Crippen MR) is 121 cm³/mol. The first kappa shape index (κ1) is 20.3. The molecule has 1 amide bonds. The fourth-order valence-corrected chi connectivity index (χ4v) is 4.30. The van der Waals surface area contributed by atoms with Crippen molar-refractivity contribution in [3.63, 3.8) is 0 Å². The zero-order chi connectivity index (χ0) is 22.1. The van der Waals surface area contributed by atoms with E-state index < -0.39 is 0 Å². The molecule has 0 radical (unpaired) electrons. The Morgan fingerprint density at radius 3 is 2.59 bits per heavy atom. The molecule has 1 aliphatic rings. The first-order valence-corrected chi connectivity index (χ1v) is 10.8. The van der Waals surface area contributed by atoms with Crippen molar-refractivity contribution in [2.45, 2.75) is 13.5 Å². The van der Waals surface area contributed by atoms with E-state index in [1.807, 2.05) is 17.2 Å². The summed E-state index contributed by atoms with van der Waals surface area (Å²) in [4.78, 5) is 21.9. The average Bonchev–Trinajstić information content (AvgIpc) is 3.20. The molecule has 7 heteroatoms. The molecule has 1 aliphatic heterocycles. The highest BCUT2D eigenvalue weighted by atomic mass is 19.1. The molecule has 0 aliphatic carbocycles. The third kappa shape index (κ3) is 3.76. The Kier molecular flexibility index (Phi) is 5.41. The van der Waals surface area contributed by atoms with Crippen LogP contribution in [0.3, 0.4) is 0 Å². The van der Waals surface area contributed by atoms with Crippen LogP contribution in [0.1, 0.15) is 21.6 Å². The van der Waals surface area contributed by atoms with E-state index in [0.717, 1.165) is 30.5 Å². The van der Waals surface area contributed by atoms with Crippen molar-refractivity contribution in [3.8, 4) is 5.69 Å². The Morgan fingerprint density at radius 2 is 1.78 bits per heavy atom. The number of hydrogen-bond acceptors (Lipinski definition) is 4. The van der Waals surface area contributed by atoms with Gasteiger partial charge in [0.25, 0.3) is 5.91 Å². The molecule has 0 atom stereocenters. The van der Waals surface area contributed by atoms with Crippen LogP contribution in [0.15, 0.2) is 67.0 Å². The molecule has 0 saturated carbocycles. The van der Waals surface area contributed by atoms with Crippen LogP contribution in [-0.4, -0.2) is 56.7 Å². The Morgan fingerprint density at radius 1 is 1.00 bits per heavy atom. The van der Waals surface area contributed by atoms with Gasteiger partial charge in [-0.2, -0.15) is 5.10 Å². The number of pyridine rings is 1. The van der Waals surface area contributed by atoms with E-state index in [2.05, 4.69) is 39.2 Å². The number of amides is 1. The van der Waals surface area contributed by atoms with Crippen molar-refractivity contribution in [2.75, 3.05) is 26.2 Å². The fourth-order valence-electron chi connectivity index (χ4n) is 4.30. The molecule has 162 valence electrons. The van der Waals surface area contributed by atoms with E-state index in [1.54, 1.807) is 25.1 Å². The number of benzene rings is 2. The molecule has 0 spiro atoms. The summed E-state index contributed by atoms with van der Waals surface area (Å²) < 4.78 is 15.7. The number of carbonyl (C=O) groups excluding carboxylic acids is 1. The summed E-state index contributed by atoms with van der Waals surface area (Å²) in [5, 5.41) is 5.41. The highest BCUT2D eigenvalue weighted by Crippen LogP contribution is 2.21. The minimum atomic E-state index is -0.366. The van der Waals surface area contributed by atoms with Gasteiger partial charge in [0.2, 0.25) is 0 Å². The number of para-hydroxylation sites is 2. The van der Waals surface area contributed by atoms with Gasteiger partial charge in [-0.1, -0.05) is 36.4 Å². The minimum absolute atomic E-state index is 0.0587. The van der Waals surface area contributed by atoms with Crippen LogP contribution >= 0.6 is 0 Å². The summed E-state index contributed by atoms with van der Waals surface area (Å²) in [5.41, 5.74) is 3.73. The Labute approximate surface area is 185 Å². The lowest BCUT2D eigenvalue weighted by Gasteiger charge is -2.34. The number of piperazine rings is 1. The van der Waals surface area contributed by atoms with E-state index in [4.69, 9.17) is 0 Å². The molecule has 5 rings (SSSR count). The molecule has 0 unspecified atom stereocenters. The maximum absolute atomic E-state index is 14.2. The van der Waals surface area contributed by atoms with Gasteiger partial charge in [-0.25, -0.2) is 9.07 Å². The molecule has 32 heavy (non-hydrogen) atoms. The van der Waals surface area contributed by atoms with E-state index in [9.17, 15) is 9.18 Å². The monoisotopic (exact) mass is 429 g/mol. The molecule has 0 bridgehead atoms. The van der Waals surface area contributed by atoms with Crippen molar-refractivity contribution in [1.82, 2.24) is 24.6 Å². The Balaban J connectivity index is 1.27. The third-order valence-corrected chi connectivity index (χ3v) is 6.09. The molecular weight excluding hydrogens is 405 g/mol. The summed E-state index contributed by atoms with van der Waals surface area (Å²) in [6.45, 7) is 5.46. The summed E-state index contributed by atoms with van der Waals surface area (Å²) >= 11 is 0. The summed E-state index contributed by atoms with van der Waals surface area (Å²) in [5.74, 6) is -0.425. The molecule has 1 saturated heterocycles. The van der Waals surface area contributed by atoms with Crippen LogP contribution in [0, 0.1) is 12.7 Å². The normalized spacial score (nSPS) is 14.8. The highest BCUT2D eigenvalue weighted by molar-refractivity contribution is 5.95. The Hall–Kier alpha value is -3.58. The largest absolute Gasteiger partial charge is 0.336 e. The highest BCUT2D eigenvalue weighted by Gasteiger charge is 2.25. The van der Waals surface area contributed by atoms with E-state index in [1.165, 1.54) is 22.5 Å². The van der Waals surface area contributed by atoms with Gasteiger partial charge in [0.05, 0.1) is 23.0 Å². The minimum Gasteiger partial charge on any atom is -0.336 e. The average molecular weight is 429 g/mol. The van der Waals surface area contributed by atoms with Crippen molar-refractivity contribution >= 4 is 16.8 Å². The number of hydrogen-bond donors (Lipinski definition) is 0. The number of aromatic nitrogens is 3. The van der Waals surface area contributed by atoms with Crippen molar-refractivity contribution in [1.29, 1.82) is 0 Å². The van der Waals surface area contributed by atoms with Gasteiger partial charge in [-0.05, 0) is 30.7 Å². The molecule has 4 aromatic rings. The Bertz CT molecular complexity index is 1270. The first-order valence-electron chi connectivity index (χ1n) is 10.8. The van der Waals surface area contributed by atoms with Crippen LogP contribution in [0.4, 0.5) is 4.39 Å². The van der Waals surface area contributed by atoms with Gasteiger partial charge >= 0.3 is 0 Å². The van der Waals surface area contributed by atoms with Crippen LogP contribution in [0.2, 0.25) is 0 Å². The summed E-state index contributed by atoms with van der Waals surface area (Å²) in [6.07, 6.45) is 3.37. The SMILES string of the molecule is Cc1c(C(=O)N2CCN(Cc3cccc4cccnc34)CC2)cnn1-c1ccccc1F. The zero-order valence-corrected chi connectivity index (χ0v) is 17.9. The summed E-state index contributed by atoms with van der Waals surface area (Å²) in [6, 6.07) is 16.7. The van der Waals surface area contributed by atoms with Gasteiger partial charge in [0.15, 0.2) is 0 Å². The van der Waals surface area contributed by atoms with Crippen molar-refractivity contribution in [2.24, 2.45) is 0 Å². The second-order valence-corrected chi connectivity index (χ2v) is 8.07. The molecule has 2 aromatic carbocycles. The van der Waals surface area contributed by atoms with Gasteiger partial charge in [-0.15, -0.1) is 0 Å². The predicted octanol–water partition coefficient (Wildman–Crippen LogP) is 3.83. The van der Waals surface area contributed by atoms with E-state index in [-0.39, 0.29) is 11.7 Å². The molecule has 6 nitrogen and oxygen atoms in total. The standard InChI is InChI=1S/C25H24FN5O/c1-18-21(16-28-31(18)23-10-3-2-9-22(23)26)25(32)30-14-12-29(13-15-30)17-20-7-4-6-19-8-5-11-27-24(19)20/h2-11,16H,12-15,17H2,1H3. The van der Waals surface area contributed by atoms with Gasteiger partial charge in [-0.3, -0.25) is 14.7 Å².